The van der Waals surface area contributed by atoms with Gasteiger partial charge >= 0.3 is 5.63 Å². The molecule has 1 saturated carbocycles. The maximum atomic E-state index is 12.7. The maximum Gasteiger partial charge on any atom is 0.345 e. The second kappa shape index (κ2) is 7.28. The quantitative estimate of drug-likeness (QED) is 0.705. The molecule has 3 aromatic rings. The molecule has 0 spiro atoms. The topological polar surface area (TPSA) is 67.6 Å². The summed E-state index contributed by atoms with van der Waals surface area (Å²) in [5.41, 5.74) is 2.35. The van der Waals surface area contributed by atoms with E-state index in [0.29, 0.717) is 22.7 Å². The number of rotatable bonds is 4. The van der Waals surface area contributed by atoms with Crippen molar-refractivity contribution < 1.29 is 9.15 Å². The van der Waals surface area contributed by atoms with Crippen LogP contribution in [0.1, 0.15) is 19.3 Å². The molecular weight excluding hydrogens is 354 g/mol. The summed E-state index contributed by atoms with van der Waals surface area (Å²) >= 11 is 0. The van der Waals surface area contributed by atoms with Crippen LogP contribution in [-0.4, -0.2) is 37.3 Å². The number of nitrogens with zero attached hydrogens (tertiary/aromatic N) is 2. The molecule has 0 unspecified atom stereocenters. The van der Waals surface area contributed by atoms with Gasteiger partial charge in [-0.2, -0.15) is 0 Å². The van der Waals surface area contributed by atoms with Gasteiger partial charge in [-0.05, 0) is 43.5 Å². The van der Waals surface area contributed by atoms with Crippen LogP contribution in [0.2, 0.25) is 0 Å². The molecule has 1 N–H and O–H groups in total. The molecule has 2 aliphatic rings. The zero-order valence-electron chi connectivity index (χ0n) is 15.7. The predicted octanol–water partition coefficient (Wildman–Crippen LogP) is 3.20. The molecule has 1 aliphatic carbocycles. The Morgan fingerprint density at radius 3 is 2.75 bits per heavy atom. The van der Waals surface area contributed by atoms with E-state index in [0.717, 1.165) is 50.1 Å². The Morgan fingerprint density at radius 1 is 1.11 bits per heavy atom. The van der Waals surface area contributed by atoms with E-state index in [1.54, 1.807) is 0 Å². The standard InChI is InChI=1S/C22H23N3O3/c26-22-18(19-5-2-6-21(24-19)27-17-3-1-4-17)13-15-7-8-16(14-20(15)28-22)25-11-9-23-10-12-25/h2,5-8,13-14,17,23H,1,3-4,9-12H2. The van der Waals surface area contributed by atoms with Crippen LogP contribution in [0.4, 0.5) is 5.69 Å². The van der Waals surface area contributed by atoms with E-state index >= 15 is 0 Å². The van der Waals surface area contributed by atoms with Crippen LogP contribution in [0.15, 0.2) is 51.7 Å². The van der Waals surface area contributed by atoms with Crippen molar-refractivity contribution in [1.82, 2.24) is 10.3 Å². The molecule has 0 bridgehead atoms. The Hall–Kier alpha value is -2.86. The third-order valence-corrected chi connectivity index (χ3v) is 5.54. The minimum Gasteiger partial charge on any atom is -0.474 e. The minimum atomic E-state index is -0.377. The van der Waals surface area contributed by atoms with Crippen LogP contribution in [0.3, 0.4) is 0 Å². The second-order valence-corrected chi connectivity index (χ2v) is 7.44. The van der Waals surface area contributed by atoms with Gasteiger partial charge in [-0.3, -0.25) is 0 Å². The third-order valence-electron chi connectivity index (χ3n) is 5.54. The molecule has 1 aromatic carbocycles. The Labute approximate surface area is 163 Å². The van der Waals surface area contributed by atoms with Gasteiger partial charge in [0.25, 0.3) is 0 Å². The molecule has 28 heavy (non-hydrogen) atoms. The fourth-order valence-electron chi connectivity index (χ4n) is 3.69. The summed E-state index contributed by atoms with van der Waals surface area (Å²) < 4.78 is 11.5. The summed E-state index contributed by atoms with van der Waals surface area (Å²) in [6.45, 7) is 3.83. The Bertz CT molecular complexity index is 1050. The Morgan fingerprint density at radius 2 is 1.96 bits per heavy atom. The van der Waals surface area contributed by atoms with Crippen LogP contribution in [0, 0.1) is 0 Å². The van der Waals surface area contributed by atoms with Gasteiger partial charge in [0.2, 0.25) is 5.88 Å². The molecule has 144 valence electrons. The van der Waals surface area contributed by atoms with Crippen molar-refractivity contribution in [3.8, 4) is 17.1 Å². The van der Waals surface area contributed by atoms with E-state index in [9.17, 15) is 4.79 Å². The smallest absolute Gasteiger partial charge is 0.345 e. The largest absolute Gasteiger partial charge is 0.474 e. The number of anilines is 1. The molecule has 6 heteroatoms. The van der Waals surface area contributed by atoms with Crippen LogP contribution in [-0.2, 0) is 0 Å². The normalized spacial score (nSPS) is 17.5. The van der Waals surface area contributed by atoms with Crippen molar-refractivity contribution in [3.63, 3.8) is 0 Å². The summed E-state index contributed by atoms with van der Waals surface area (Å²) in [4.78, 5) is 19.5. The highest BCUT2D eigenvalue weighted by Gasteiger charge is 2.20. The number of hydrogen-bond donors (Lipinski definition) is 1. The molecule has 0 radical (unpaired) electrons. The highest BCUT2D eigenvalue weighted by Crippen LogP contribution is 2.27. The first-order chi connectivity index (χ1) is 13.8. The molecule has 1 aliphatic heterocycles. The lowest BCUT2D eigenvalue weighted by molar-refractivity contribution is 0.115. The fourth-order valence-corrected chi connectivity index (χ4v) is 3.69. The average molecular weight is 377 g/mol. The Kier molecular flexibility index (Phi) is 4.49. The summed E-state index contributed by atoms with van der Waals surface area (Å²) in [5.74, 6) is 0.566. The zero-order chi connectivity index (χ0) is 18.9. The van der Waals surface area contributed by atoms with Crippen LogP contribution in [0.25, 0.3) is 22.2 Å². The molecule has 1 saturated heterocycles. The van der Waals surface area contributed by atoms with Crippen molar-refractivity contribution in [2.45, 2.75) is 25.4 Å². The summed E-state index contributed by atoms with van der Waals surface area (Å²) in [6.07, 6.45) is 3.59. The second-order valence-electron chi connectivity index (χ2n) is 7.44. The maximum absolute atomic E-state index is 12.7. The number of benzene rings is 1. The number of ether oxygens (including phenoxy) is 1. The molecule has 0 atom stereocenters. The molecule has 2 fully saturated rings. The zero-order valence-corrected chi connectivity index (χ0v) is 15.7. The van der Waals surface area contributed by atoms with Crippen molar-refractivity contribution >= 4 is 16.7 Å². The molecule has 5 rings (SSSR count). The number of nitrogens with one attached hydrogen (secondary N) is 1. The van der Waals surface area contributed by atoms with Gasteiger partial charge in [-0.25, -0.2) is 9.78 Å². The number of fused-ring (bicyclic) bond motifs is 1. The Balaban J connectivity index is 1.47. The van der Waals surface area contributed by atoms with Crippen LogP contribution < -0.4 is 20.6 Å². The molecule has 0 amide bonds. The molecule has 3 heterocycles. The summed E-state index contributed by atoms with van der Waals surface area (Å²) in [5, 5.41) is 4.24. The van der Waals surface area contributed by atoms with Gasteiger partial charge in [0.15, 0.2) is 0 Å². The monoisotopic (exact) mass is 377 g/mol. The van der Waals surface area contributed by atoms with Gasteiger partial charge < -0.3 is 19.4 Å². The van der Waals surface area contributed by atoms with Gasteiger partial charge in [0.05, 0.1) is 11.3 Å². The third kappa shape index (κ3) is 3.36. The van der Waals surface area contributed by atoms with Gasteiger partial charge in [0.1, 0.15) is 11.7 Å². The van der Waals surface area contributed by atoms with Crippen molar-refractivity contribution in [3.05, 3.63) is 52.9 Å². The highest BCUT2D eigenvalue weighted by atomic mass is 16.5. The van der Waals surface area contributed by atoms with E-state index in [-0.39, 0.29) is 11.7 Å². The van der Waals surface area contributed by atoms with E-state index < -0.39 is 0 Å². The van der Waals surface area contributed by atoms with Crippen molar-refractivity contribution in [2.24, 2.45) is 0 Å². The SMILES string of the molecule is O=c1oc2cc(N3CCNCC3)ccc2cc1-c1cccc(OC2CCC2)n1. The van der Waals surface area contributed by atoms with E-state index in [4.69, 9.17) is 9.15 Å². The van der Waals surface area contributed by atoms with Crippen LogP contribution >= 0.6 is 0 Å². The number of aromatic nitrogens is 1. The molecule has 2 aromatic heterocycles. The fraction of sp³-hybridized carbons (Fsp3) is 0.364. The molecular formula is C22H23N3O3. The number of hydrogen-bond acceptors (Lipinski definition) is 6. The number of pyridine rings is 1. The predicted molar refractivity (Wildman–Crippen MR) is 109 cm³/mol. The van der Waals surface area contributed by atoms with Gasteiger partial charge in [-0.1, -0.05) is 6.07 Å². The summed E-state index contributed by atoms with van der Waals surface area (Å²) in [6, 6.07) is 13.4. The average Bonchev–Trinajstić information content (AvgIpc) is 2.71. The van der Waals surface area contributed by atoms with Crippen LogP contribution in [0.5, 0.6) is 5.88 Å². The minimum absolute atomic E-state index is 0.249. The van der Waals surface area contributed by atoms with Crippen molar-refractivity contribution in [1.29, 1.82) is 0 Å². The lowest BCUT2D eigenvalue weighted by Crippen LogP contribution is -2.43. The van der Waals surface area contributed by atoms with E-state index in [1.165, 1.54) is 6.42 Å². The number of piperazine rings is 1. The lowest BCUT2D eigenvalue weighted by atomic mass is 9.96. The van der Waals surface area contributed by atoms with E-state index in [2.05, 4.69) is 21.3 Å². The van der Waals surface area contributed by atoms with Gasteiger partial charge in [0, 0.05) is 49.4 Å². The molecule has 6 nitrogen and oxygen atoms in total. The summed E-state index contributed by atoms with van der Waals surface area (Å²) in [7, 11) is 0. The first kappa shape index (κ1) is 17.3. The highest BCUT2D eigenvalue weighted by molar-refractivity contribution is 5.84. The first-order valence-corrected chi connectivity index (χ1v) is 9.94. The van der Waals surface area contributed by atoms with E-state index in [1.807, 2.05) is 36.4 Å². The van der Waals surface area contributed by atoms with Crippen molar-refractivity contribution in [2.75, 3.05) is 31.1 Å². The lowest BCUT2D eigenvalue weighted by Gasteiger charge is -2.29. The van der Waals surface area contributed by atoms with Gasteiger partial charge in [-0.15, -0.1) is 0 Å². The first-order valence-electron chi connectivity index (χ1n) is 9.94.